The monoisotopic (exact) mass is 181 g/mol. The van der Waals surface area contributed by atoms with Gasteiger partial charge in [-0.15, -0.1) is 0 Å². The first-order valence-electron chi connectivity index (χ1n) is 3.86. The maximum Gasteiger partial charge on any atom is 0.335 e. The van der Waals surface area contributed by atoms with E-state index in [1.165, 1.54) is 12.1 Å². The van der Waals surface area contributed by atoms with Crippen molar-refractivity contribution in [3.63, 3.8) is 0 Å². The third-order valence-corrected chi connectivity index (χ3v) is 1.77. The van der Waals surface area contributed by atoms with E-state index < -0.39 is 12.1 Å². The van der Waals surface area contributed by atoms with Crippen LogP contribution in [0.25, 0.3) is 0 Å². The zero-order chi connectivity index (χ0) is 9.84. The highest BCUT2D eigenvalue weighted by Gasteiger charge is 2.06. The first-order valence-corrected chi connectivity index (χ1v) is 3.86. The highest BCUT2D eigenvalue weighted by Crippen LogP contribution is 2.12. The smallest absolute Gasteiger partial charge is 0.335 e. The molecule has 0 saturated carbocycles. The van der Waals surface area contributed by atoms with Crippen LogP contribution in [0.2, 0.25) is 0 Å². The van der Waals surface area contributed by atoms with E-state index in [4.69, 9.17) is 10.8 Å². The minimum absolute atomic E-state index is 0.131. The first-order chi connectivity index (χ1) is 6.15. The summed E-state index contributed by atoms with van der Waals surface area (Å²) in [6.07, 6.45) is -0.720. The van der Waals surface area contributed by atoms with Gasteiger partial charge in [-0.1, -0.05) is 12.1 Å². The molecule has 0 unspecified atom stereocenters. The first kappa shape index (κ1) is 9.70. The minimum atomic E-state index is -0.978. The summed E-state index contributed by atoms with van der Waals surface area (Å²) in [4.78, 5) is 10.5. The van der Waals surface area contributed by atoms with E-state index in [2.05, 4.69) is 0 Å². The fraction of sp³-hybridized carbons (Fsp3) is 0.222. The van der Waals surface area contributed by atoms with Crippen molar-refractivity contribution in [3.05, 3.63) is 35.4 Å². The van der Waals surface area contributed by atoms with Crippen LogP contribution in [0.3, 0.4) is 0 Å². The Hall–Kier alpha value is -1.39. The standard InChI is InChI=1S/C9H11NO3/c10-5-8(11)6-1-3-7(4-2-6)9(12)13/h1-4,8,11H,5,10H2,(H,12,13)/t8-/m0/s1. The molecular formula is C9H11NO3. The van der Waals surface area contributed by atoms with Gasteiger partial charge in [-0.2, -0.15) is 0 Å². The minimum Gasteiger partial charge on any atom is -0.478 e. The summed E-state index contributed by atoms with van der Waals surface area (Å²) in [5.41, 5.74) is 6.07. The average molecular weight is 181 g/mol. The van der Waals surface area contributed by atoms with Crippen LogP contribution < -0.4 is 5.73 Å². The Kier molecular flexibility index (Phi) is 3.00. The lowest BCUT2D eigenvalue weighted by atomic mass is 10.1. The molecule has 0 fully saturated rings. The Labute approximate surface area is 75.6 Å². The van der Waals surface area contributed by atoms with Gasteiger partial charge in [0.15, 0.2) is 0 Å². The molecule has 0 saturated heterocycles. The fourth-order valence-corrected chi connectivity index (χ4v) is 0.984. The molecule has 0 aliphatic carbocycles. The Balaban J connectivity index is 2.87. The van der Waals surface area contributed by atoms with Crippen molar-refractivity contribution in [2.75, 3.05) is 6.54 Å². The summed E-state index contributed by atoms with van der Waals surface area (Å²) in [5, 5.41) is 17.9. The van der Waals surface area contributed by atoms with E-state index in [0.717, 1.165) is 0 Å². The molecule has 1 atom stereocenters. The van der Waals surface area contributed by atoms with E-state index >= 15 is 0 Å². The number of aliphatic hydroxyl groups excluding tert-OH is 1. The molecule has 13 heavy (non-hydrogen) atoms. The lowest BCUT2D eigenvalue weighted by Gasteiger charge is -2.07. The number of rotatable bonds is 3. The number of hydrogen-bond donors (Lipinski definition) is 3. The Morgan fingerprint density at radius 3 is 2.31 bits per heavy atom. The van der Waals surface area contributed by atoms with E-state index in [1.807, 2.05) is 0 Å². The quantitative estimate of drug-likeness (QED) is 0.629. The van der Waals surface area contributed by atoms with Crippen LogP contribution >= 0.6 is 0 Å². The summed E-state index contributed by atoms with van der Waals surface area (Å²) < 4.78 is 0. The Morgan fingerprint density at radius 1 is 1.38 bits per heavy atom. The number of nitrogens with two attached hydrogens (primary N) is 1. The van der Waals surface area contributed by atoms with Gasteiger partial charge in [-0.3, -0.25) is 0 Å². The van der Waals surface area contributed by atoms with Gasteiger partial charge in [0.25, 0.3) is 0 Å². The molecule has 0 amide bonds. The molecule has 4 nitrogen and oxygen atoms in total. The second-order valence-electron chi connectivity index (χ2n) is 2.68. The van der Waals surface area contributed by atoms with Crippen LogP contribution in [0, 0.1) is 0 Å². The van der Waals surface area contributed by atoms with Crippen LogP contribution in [0.1, 0.15) is 22.0 Å². The van der Waals surface area contributed by atoms with Crippen LogP contribution in [-0.2, 0) is 0 Å². The van der Waals surface area contributed by atoms with Crippen molar-refractivity contribution in [2.45, 2.75) is 6.10 Å². The zero-order valence-corrected chi connectivity index (χ0v) is 6.97. The predicted octanol–water partition coefficient (Wildman–Crippen LogP) is 0.377. The third kappa shape index (κ3) is 2.27. The largest absolute Gasteiger partial charge is 0.478 e. The van der Waals surface area contributed by atoms with E-state index in [1.54, 1.807) is 12.1 Å². The maximum atomic E-state index is 10.5. The highest BCUT2D eigenvalue weighted by atomic mass is 16.4. The maximum absolute atomic E-state index is 10.5. The molecule has 0 spiro atoms. The Morgan fingerprint density at radius 2 is 1.92 bits per heavy atom. The van der Waals surface area contributed by atoms with Crippen molar-refractivity contribution in [1.29, 1.82) is 0 Å². The van der Waals surface area contributed by atoms with Gasteiger partial charge < -0.3 is 15.9 Å². The van der Waals surface area contributed by atoms with Gasteiger partial charge in [0, 0.05) is 6.54 Å². The second kappa shape index (κ2) is 4.02. The molecule has 0 bridgehead atoms. The molecular weight excluding hydrogens is 170 g/mol. The number of carbonyl (C=O) groups is 1. The van der Waals surface area contributed by atoms with Crippen molar-refractivity contribution < 1.29 is 15.0 Å². The summed E-state index contributed by atoms with van der Waals surface area (Å²) in [6.45, 7) is 0.131. The Bertz CT molecular complexity index is 294. The summed E-state index contributed by atoms with van der Waals surface area (Å²) >= 11 is 0. The number of aliphatic hydroxyl groups is 1. The second-order valence-corrected chi connectivity index (χ2v) is 2.68. The lowest BCUT2D eigenvalue weighted by molar-refractivity contribution is 0.0696. The van der Waals surface area contributed by atoms with E-state index in [9.17, 15) is 9.90 Å². The zero-order valence-electron chi connectivity index (χ0n) is 6.97. The van der Waals surface area contributed by atoms with Crippen LogP contribution in [0.4, 0.5) is 0 Å². The number of hydrogen-bond acceptors (Lipinski definition) is 3. The van der Waals surface area contributed by atoms with Crippen molar-refractivity contribution in [3.8, 4) is 0 Å². The third-order valence-electron chi connectivity index (χ3n) is 1.77. The molecule has 0 aromatic heterocycles. The molecule has 70 valence electrons. The number of aromatic carboxylic acids is 1. The van der Waals surface area contributed by atoms with Gasteiger partial charge in [-0.05, 0) is 17.7 Å². The van der Waals surface area contributed by atoms with E-state index in [-0.39, 0.29) is 12.1 Å². The van der Waals surface area contributed by atoms with Crippen LogP contribution in [-0.4, -0.2) is 22.7 Å². The summed E-state index contributed by atoms with van der Waals surface area (Å²) in [7, 11) is 0. The van der Waals surface area contributed by atoms with Gasteiger partial charge in [0.05, 0.1) is 11.7 Å². The van der Waals surface area contributed by atoms with Crippen molar-refractivity contribution in [2.24, 2.45) is 5.73 Å². The van der Waals surface area contributed by atoms with E-state index in [0.29, 0.717) is 5.56 Å². The molecule has 1 aromatic carbocycles. The normalized spacial score (nSPS) is 12.5. The molecule has 4 heteroatoms. The molecule has 0 aliphatic rings. The van der Waals surface area contributed by atoms with Gasteiger partial charge in [0.1, 0.15) is 0 Å². The summed E-state index contributed by atoms with van der Waals surface area (Å²) in [5.74, 6) is -0.978. The molecule has 1 aromatic rings. The fourth-order valence-electron chi connectivity index (χ4n) is 0.984. The van der Waals surface area contributed by atoms with Gasteiger partial charge in [-0.25, -0.2) is 4.79 Å². The predicted molar refractivity (Wildman–Crippen MR) is 47.4 cm³/mol. The summed E-state index contributed by atoms with van der Waals surface area (Å²) in [6, 6.07) is 6.00. The SMILES string of the molecule is NC[C@H](O)c1ccc(C(=O)O)cc1. The molecule has 1 rings (SSSR count). The average Bonchev–Trinajstić information content (AvgIpc) is 2.17. The van der Waals surface area contributed by atoms with Crippen LogP contribution in [0.5, 0.6) is 0 Å². The van der Waals surface area contributed by atoms with Gasteiger partial charge >= 0.3 is 5.97 Å². The lowest BCUT2D eigenvalue weighted by Crippen LogP contribution is -2.11. The molecule has 0 heterocycles. The topological polar surface area (TPSA) is 83.5 Å². The number of benzene rings is 1. The number of carboxylic acids is 1. The molecule has 0 radical (unpaired) electrons. The highest BCUT2D eigenvalue weighted by molar-refractivity contribution is 5.87. The number of carboxylic acid groups (broad SMARTS) is 1. The molecule has 4 N–H and O–H groups in total. The van der Waals surface area contributed by atoms with Crippen molar-refractivity contribution >= 4 is 5.97 Å². The molecule has 0 aliphatic heterocycles. The van der Waals surface area contributed by atoms with Crippen molar-refractivity contribution in [1.82, 2.24) is 0 Å². The van der Waals surface area contributed by atoms with Crippen LogP contribution in [0.15, 0.2) is 24.3 Å². The van der Waals surface area contributed by atoms with Gasteiger partial charge in [0.2, 0.25) is 0 Å².